The number of benzene rings is 1. The molecule has 0 bridgehead atoms. The van der Waals surface area contributed by atoms with Gasteiger partial charge in [0.25, 0.3) is 5.91 Å². The Morgan fingerprint density at radius 1 is 1.06 bits per heavy atom. The molecule has 1 fully saturated rings. The first kappa shape index (κ1) is 24.5. The quantitative estimate of drug-likeness (QED) is 0.388. The Morgan fingerprint density at radius 3 is 2.47 bits per heavy atom. The van der Waals surface area contributed by atoms with Crippen LogP contribution in [0.2, 0.25) is 0 Å². The predicted octanol–water partition coefficient (Wildman–Crippen LogP) is 2.27. The van der Waals surface area contributed by atoms with Crippen molar-refractivity contribution in [2.24, 2.45) is 16.5 Å². The molecule has 3 heterocycles. The van der Waals surface area contributed by atoms with Gasteiger partial charge in [-0.05, 0) is 12.1 Å². The molecule has 2 aromatic heterocycles. The van der Waals surface area contributed by atoms with E-state index in [0.29, 0.717) is 37.2 Å². The highest BCUT2D eigenvalue weighted by atomic mass is 19.1. The van der Waals surface area contributed by atoms with Gasteiger partial charge in [-0.1, -0.05) is 24.3 Å². The SMILES string of the molecule is NC(N)=NC(=O)OCc1cccc(-c2cnc(OC3CCN(C(=O)c4ccccn4)CC3)nc2)c1F. The Balaban J connectivity index is 1.34. The van der Waals surface area contributed by atoms with Crippen LogP contribution in [0.1, 0.15) is 28.9 Å². The van der Waals surface area contributed by atoms with Crippen LogP contribution in [0.25, 0.3) is 11.1 Å². The Bertz CT molecular complexity index is 1240. The summed E-state index contributed by atoms with van der Waals surface area (Å²) in [4.78, 5) is 41.5. The summed E-state index contributed by atoms with van der Waals surface area (Å²) in [5.74, 6) is -1.14. The number of amides is 2. The van der Waals surface area contributed by atoms with Crippen molar-refractivity contribution in [3.05, 3.63) is 72.1 Å². The molecule has 4 rings (SSSR count). The smallest absolute Gasteiger partial charge is 0.437 e. The summed E-state index contributed by atoms with van der Waals surface area (Å²) in [7, 11) is 0. The predicted molar refractivity (Wildman–Crippen MR) is 127 cm³/mol. The third-order valence-electron chi connectivity index (χ3n) is 5.47. The van der Waals surface area contributed by atoms with Gasteiger partial charge in [0.05, 0.1) is 0 Å². The number of nitrogens with two attached hydrogens (primary N) is 2. The number of carbonyl (C=O) groups is 2. The fourth-order valence-corrected chi connectivity index (χ4v) is 3.68. The van der Waals surface area contributed by atoms with E-state index >= 15 is 0 Å². The molecule has 2 amide bonds. The molecular weight excluding hydrogens is 469 g/mol. The van der Waals surface area contributed by atoms with Gasteiger partial charge in [0.1, 0.15) is 24.2 Å². The van der Waals surface area contributed by atoms with Crippen LogP contribution >= 0.6 is 0 Å². The van der Waals surface area contributed by atoms with E-state index in [1.807, 2.05) is 0 Å². The second kappa shape index (κ2) is 11.2. The molecule has 11 nitrogen and oxygen atoms in total. The van der Waals surface area contributed by atoms with Gasteiger partial charge in [0.15, 0.2) is 5.96 Å². The molecule has 1 aliphatic rings. The van der Waals surface area contributed by atoms with Crippen molar-refractivity contribution in [2.75, 3.05) is 13.1 Å². The van der Waals surface area contributed by atoms with E-state index in [1.54, 1.807) is 41.4 Å². The zero-order chi connectivity index (χ0) is 25.5. The topological polar surface area (TPSA) is 159 Å². The number of piperidine rings is 1. The Hall–Kier alpha value is -4.61. The molecule has 0 radical (unpaired) electrons. The summed E-state index contributed by atoms with van der Waals surface area (Å²) in [6.07, 6.45) is 4.58. The van der Waals surface area contributed by atoms with Crippen LogP contribution in [0, 0.1) is 5.82 Å². The first-order valence-electron chi connectivity index (χ1n) is 11.1. The molecule has 186 valence electrons. The largest absolute Gasteiger partial charge is 0.460 e. The van der Waals surface area contributed by atoms with E-state index in [4.69, 9.17) is 20.9 Å². The van der Waals surface area contributed by atoms with Gasteiger partial charge in [-0.2, -0.15) is 0 Å². The number of halogens is 1. The summed E-state index contributed by atoms with van der Waals surface area (Å²) >= 11 is 0. The van der Waals surface area contributed by atoms with Gasteiger partial charge < -0.3 is 25.8 Å². The molecule has 36 heavy (non-hydrogen) atoms. The van der Waals surface area contributed by atoms with Gasteiger partial charge >= 0.3 is 12.1 Å². The number of ether oxygens (including phenoxy) is 2. The Morgan fingerprint density at radius 2 is 1.81 bits per heavy atom. The molecule has 1 aromatic carbocycles. The third kappa shape index (κ3) is 6.09. The average molecular weight is 493 g/mol. The van der Waals surface area contributed by atoms with E-state index in [1.165, 1.54) is 18.5 Å². The molecule has 0 saturated carbocycles. The molecule has 4 N–H and O–H groups in total. The summed E-state index contributed by atoms with van der Waals surface area (Å²) in [6, 6.07) is 10.1. The van der Waals surface area contributed by atoms with E-state index in [-0.39, 0.29) is 35.8 Å². The maximum absolute atomic E-state index is 15.0. The number of nitrogens with zero attached hydrogens (tertiary/aromatic N) is 5. The van der Waals surface area contributed by atoms with E-state index < -0.39 is 17.9 Å². The lowest BCUT2D eigenvalue weighted by Crippen LogP contribution is -2.42. The summed E-state index contributed by atoms with van der Waals surface area (Å²) in [5, 5.41) is 0. The van der Waals surface area contributed by atoms with Gasteiger partial charge in [0, 0.05) is 61.2 Å². The molecule has 0 aliphatic carbocycles. The molecular formula is C24H24FN7O4. The molecule has 0 spiro atoms. The highest BCUT2D eigenvalue weighted by molar-refractivity contribution is 5.92. The monoisotopic (exact) mass is 493 g/mol. The summed E-state index contributed by atoms with van der Waals surface area (Å²) in [6.45, 7) is 0.715. The van der Waals surface area contributed by atoms with Crippen LogP contribution in [-0.4, -0.2) is 57.0 Å². The number of aliphatic imine (C=N–C) groups is 1. The first-order chi connectivity index (χ1) is 17.4. The zero-order valence-electron chi connectivity index (χ0n) is 19.2. The van der Waals surface area contributed by atoms with Gasteiger partial charge in [-0.15, -0.1) is 4.99 Å². The highest BCUT2D eigenvalue weighted by Gasteiger charge is 2.26. The number of rotatable bonds is 6. The molecule has 1 saturated heterocycles. The van der Waals surface area contributed by atoms with E-state index in [9.17, 15) is 14.0 Å². The summed E-state index contributed by atoms with van der Waals surface area (Å²) < 4.78 is 25.7. The Labute approximate surface area is 206 Å². The minimum absolute atomic E-state index is 0.107. The molecule has 0 atom stereocenters. The van der Waals surface area contributed by atoms with Crippen molar-refractivity contribution < 1.29 is 23.5 Å². The lowest BCUT2D eigenvalue weighted by atomic mass is 10.1. The van der Waals surface area contributed by atoms with Crippen molar-refractivity contribution in [3.8, 4) is 17.1 Å². The number of guanidine groups is 1. The zero-order valence-corrected chi connectivity index (χ0v) is 19.2. The molecule has 3 aromatic rings. The second-order valence-corrected chi connectivity index (χ2v) is 7.95. The highest BCUT2D eigenvalue weighted by Crippen LogP contribution is 2.26. The van der Waals surface area contributed by atoms with Crippen LogP contribution in [0.5, 0.6) is 6.01 Å². The first-order valence-corrected chi connectivity index (χ1v) is 11.1. The van der Waals surface area contributed by atoms with Crippen molar-refractivity contribution >= 4 is 18.0 Å². The number of likely N-dealkylation sites (tertiary alicyclic amines) is 1. The van der Waals surface area contributed by atoms with E-state index in [2.05, 4.69) is 19.9 Å². The third-order valence-corrected chi connectivity index (χ3v) is 5.47. The number of pyridine rings is 1. The summed E-state index contributed by atoms with van der Waals surface area (Å²) in [5.41, 5.74) is 11.4. The van der Waals surface area contributed by atoms with Crippen molar-refractivity contribution in [1.29, 1.82) is 0 Å². The van der Waals surface area contributed by atoms with Crippen LogP contribution in [-0.2, 0) is 11.3 Å². The normalized spacial score (nSPS) is 13.6. The molecule has 0 unspecified atom stereocenters. The maximum atomic E-state index is 15.0. The number of carbonyl (C=O) groups excluding carboxylic acids is 2. The lowest BCUT2D eigenvalue weighted by Gasteiger charge is -2.31. The lowest BCUT2D eigenvalue weighted by molar-refractivity contribution is 0.0573. The van der Waals surface area contributed by atoms with Gasteiger partial charge in [0.2, 0.25) is 0 Å². The fraction of sp³-hybridized carbons (Fsp3) is 0.250. The van der Waals surface area contributed by atoms with Crippen LogP contribution in [0.3, 0.4) is 0 Å². The van der Waals surface area contributed by atoms with Gasteiger partial charge in [-0.3, -0.25) is 9.78 Å². The van der Waals surface area contributed by atoms with E-state index in [0.717, 1.165) is 0 Å². The number of aromatic nitrogens is 3. The molecule has 1 aliphatic heterocycles. The second-order valence-electron chi connectivity index (χ2n) is 7.95. The number of hydrogen-bond acceptors (Lipinski definition) is 7. The van der Waals surface area contributed by atoms with Crippen LogP contribution in [0.15, 0.2) is 60.0 Å². The van der Waals surface area contributed by atoms with Crippen molar-refractivity contribution in [1.82, 2.24) is 19.9 Å². The van der Waals surface area contributed by atoms with Crippen molar-refractivity contribution in [3.63, 3.8) is 0 Å². The standard InChI is InChI=1S/C24H24FN7O4/c25-20-15(14-35-24(34)31-22(26)27)4-3-5-18(20)16-12-29-23(30-13-16)36-17-7-10-32(11-8-17)21(33)19-6-1-2-9-28-19/h1-6,9,12-13,17H,7-8,10-11,14H2,(H4,26,27,31,34). The minimum atomic E-state index is -1.02. The maximum Gasteiger partial charge on any atom is 0.437 e. The number of hydrogen-bond donors (Lipinski definition) is 2. The van der Waals surface area contributed by atoms with Crippen molar-refractivity contribution in [2.45, 2.75) is 25.6 Å². The fourth-order valence-electron chi connectivity index (χ4n) is 3.68. The molecule has 12 heteroatoms. The van der Waals surface area contributed by atoms with Crippen LogP contribution < -0.4 is 16.2 Å². The Kier molecular flexibility index (Phi) is 7.63. The van der Waals surface area contributed by atoms with Gasteiger partial charge in [-0.25, -0.2) is 19.2 Å². The van der Waals surface area contributed by atoms with Crippen LogP contribution in [0.4, 0.5) is 9.18 Å². The minimum Gasteiger partial charge on any atom is -0.460 e. The average Bonchev–Trinajstić information content (AvgIpc) is 2.89.